The molecule has 1 saturated carbocycles. The molecule has 3 fully saturated rings. The Morgan fingerprint density at radius 3 is 2.32 bits per heavy atom. The molecule has 0 aromatic carbocycles. The van der Waals surface area contributed by atoms with Crippen LogP contribution in [0, 0.1) is 34.6 Å². The summed E-state index contributed by atoms with van der Waals surface area (Å²) in [5, 5.41) is 0. The fourth-order valence-corrected chi connectivity index (χ4v) is 7.35. The number of ether oxygens (including phenoxy) is 3. The molecule has 0 aromatic heterocycles. The lowest BCUT2D eigenvalue weighted by Gasteiger charge is -2.32. The average Bonchev–Trinajstić information content (AvgIpc) is 3.33. The molecule has 6 atom stereocenters. The van der Waals surface area contributed by atoms with Crippen molar-refractivity contribution in [2.75, 3.05) is 6.61 Å². The molecule has 0 spiro atoms. The van der Waals surface area contributed by atoms with Gasteiger partial charge >= 0.3 is 0 Å². The van der Waals surface area contributed by atoms with Gasteiger partial charge in [-0.15, -0.1) is 11.5 Å². The van der Waals surface area contributed by atoms with E-state index in [2.05, 4.69) is 84.8 Å². The summed E-state index contributed by atoms with van der Waals surface area (Å²) in [6.45, 7) is 24.6. The largest absolute Gasteiger partial charge is 0.370 e. The molecule has 1 unspecified atom stereocenters. The van der Waals surface area contributed by atoms with Gasteiger partial charge < -0.3 is 14.2 Å². The molecular formula is C33H54O4Si. The van der Waals surface area contributed by atoms with E-state index in [0.29, 0.717) is 24.2 Å². The lowest BCUT2D eigenvalue weighted by atomic mass is 9.70. The monoisotopic (exact) mass is 542 g/mol. The molecule has 2 saturated heterocycles. The smallest absolute Gasteiger partial charge is 0.168 e. The minimum Gasteiger partial charge on any atom is -0.370 e. The molecule has 2 aliphatic heterocycles. The molecule has 5 heteroatoms. The molecule has 2 heterocycles. The number of fused-ring (bicyclic) bond motifs is 1. The number of Topliss-reactive ketones (excluding diaryl/α,β-unsaturated/α-hetero) is 1. The van der Waals surface area contributed by atoms with Crippen molar-refractivity contribution >= 4 is 13.9 Å². The van der Waals surface area contributed by atoms with Crippen molar-refractivity contribution in [2.24, 2.45) is 23.2 Å². The summed E-state index contributed by atoms with van der Waals surface area (Å²) in [6.07, 6.45) is 10.2. The Bertz CT molecular complexity index is 989. The normalized spacial score (nSPS) is 34.8. The number of rotatable bonds is 9. The Balaban J connectivity index is 1.58. The standard InChI is InChI=1S/C33H54O4Si/c1-23(17-18-27-31(4,5)37-32(6,7)36-27)14-12-15-24(2)19-20-33(8)26(16-13-21-38(9,10)11)28-25(3)22-35-29(28)30(33)34/h14,19,25-29H,12,15-18,20,22H2,1-11H3/b23-14+,24-19+/t25-,26-,27?,28-,29-,33+/m1/s1. The zero-order valence-corrected chi connectivity index (χ0v) is 27.1. The van der Waals surface area contributed by atoms with Gasteiger partial charge in [-0.05, 0) is 85.5 Å². The third-order valence-electron chi connectivity index (χ3n) is 8.85. The molecule has 0 radical (unpaired) electrons. The van der Waals surface area contributed by atoms with Gasteiger partial charge in [0.15, 0.2) is 11.6 Å². The molecule has 214 valence electrons. The Hall–Kier alpha value is -1.19. The predicted octanol–water partition coefficient (Wildman–Crippen LogP) is 7.89. The van der Waals surface area contributed by atoms with Gasteiger partial charge in [-0.2, -0.15) is 0 Å². The zero-order valence-electron chi connectivity index (χ0n) is 26.1. The second-order valence-corrected chi connectivity index (χ2v) is 19.3. The van der Waals surface area contributed by atoms with Crippen LogP contribution in [0.4, 0.5) is 0 Å². The average molecular weight is 543 g/mol. The van der Waals surface area contributed by atoms with E-state index in [4.69, 9.17) is 14.2 Å². The van der Waals surface area contributed by atoms with Crippen molar-refractivity contribution in [3.8, 4) is 11.5 Å². The van der Waals surface area contributed by atoms with Crippen LogP contribution < -0.4 is 0 Å². The predicted molar refractivity (Wildman–Crippen MR) is 159 cm³/mol. The maximum atomic E-state index is 13.6. The second-order valence-electron chi connectivity index (χ2n) is 14.5. The SMILES string of the molecule is C/C(=C\C[C@]1(C)C(=O)[C@@H]2OC[C@@H](C)[C@@H]2[C@H]1CC#C[Si](C)(C)C)CC/C=C(\C)CCC1OC(C)(C)OC1(C)C. The van der Waals surface area contributed by atoms with Crippen LogP contribution in [0.25, 0.3) is 0 Å². The van der Waals surface area contributed by atoms with Gasteiger partial charge in [0, 0.05) is 17.8 Å². The summed E-state index contributed by atoms with van der Waals surface area (Å²) in [5.41, 5.74) is 5.65. The second kappa shape index (κ2) is 11.7. The number of carbonyl (C=O) groups excluding carboxylic acids is 1. The number of hydrogen-bond acceptors (Lipinski definition) is 4. The van der Waals surface area contributed by atoms with Crippen LogP contribution in [0.2, 0.25) is 19.6 Å². The van der Waals surface area contributed by atoms with Gasteiger partial charge in [0.1, 0.15) is 14.2 Å². The van der Waals surface area contributed by atoms with Crippen molar-refractivity contribution < 1.29 is 19.0 Å². The highest BCUT2D eigenvalue weighted by Gasteiger charge is 2.60. The fourth-order valence-electron chi connectivity index (χ4n) is 6.72. The summed E-state index contributed by atoms with van der Waals surface area (Å²) in [4.78, 5) is 13.6. The lowest BCUT2D eigenvalue weighted by molar-refractivity contribution is -0.157. The zero-order chi connectivity index (χ0) is 28.5. The Morgan fingerprint density at radius 1 is 1.05 bits per heavy atom. The first-order valence-electron chi connectivity index (χ1n) is 14.8. The number of hydrogen-bond donors (Lipinski definition) is 0. The highest BCUT2D eigenvalue weighted by atomic mass is 28.3. The van der Waals surface area contributed by atoms with Crippen molar-refractivity contribution in [2.45, 2.75) is 137 Å². The van der Waals surface area contributed by atoms with E-state index < -0.39 is 19.3 Å². The molecule has 0 aromatic rings. The summed E-state index contributed by atoms with van der Waals surface area (Å²) >= 11 is 0. The van der Waals surface area contributed by atoms with E-state index in [9.17, 15) is 4.79 Å². The Morgan fingerprint density at radius 2 is 1.71 bits per heavy atom. The lowest BCUT2D eigenvalue weighted by Crippen LogP contribution is -2.33. The van der Waals surface area contributed by atoms with Crippen molar-refractivity contribution in [1.82, 2.24) is 0 Å². The van der Waals surface area contributed by atoms with Crippen LogP contribution >= 0.6 is 0 Å². The highest BCUT2D eigenvalue weighted by Crippen LogP contribution is 2.54. The summed E-state index contributed by atoms with van der Waals surface area (Å²) < 4.78 is 18.2. The molecule has 38 heavy (non-hydrogen) atoms. The maximum absolute atomic E-state index is 13.6. The first-order valence-corrected chi connectivity index (χ1v) is 18.3. The molecule has 4 nitrogen and oxygen atoms in total. The fraction of sp³-hybridized carbons (Fsp3) is 0.788. The molecule has 0 bridgehead atoms. The van der Waals surface area contributed by atoms with Gasteiger partial charge in [-0.3, -0.25) is 4.79 Å². The number of ketones is 1. The molecule has 3 aliphatic rings. The first-order chi connectivity index (χ1) is 17.5. The maximum Gasteiger partial charge on any atom is 0.168 e. The van der Waals surface area contributed by atoms with Gasteiger partial charge in [0.25, 0.3) is 0 Å². The van der Waals surface area contributed by atoms with Crippen LogP contribution in [0.3, 0.4) is 0 Å². The minimum atomic E-state index is -1.44. The van der Waals surface area contributed by atoms with Crippen LogP contribution in [0.1, 0.15) is 93.9 Å². The van der Waals surface area contributed by atoms with Crippen LogP contribution in [0.15, 0.2) is 23.3 Å². The van der Waals surface area contributed by atoms with Crippen LogP contribution in [0.5, 0.6) is 0 Å². The number of allylic oxidation sites excluding steroid dienone is 4. The highest BCUT2D eigenvalue weighted by molar-refractivity contribution is 6.83. The minimum absolute atomic E-state index is 0.113. The van der Waals surface area contributed by atoms with Gasteiger partial charge in [0.05, 0.1) is 18.3 Å². The van der Waals surface area contributed by atoms with Crippen molar-refractivity contribution in [3.05, 3.63) is 23.3 Å². The molecule has 3 rings (SSSR count). The molecular weight excluding hydrogens is 488 g/mol. The van der Waals surface area contributed by atoms with E-state index in [-0.39, 0.29) is 23.7 Å². The van der Waals surface area contributed by atoms with Crippen LogP contribution in [-0.4, -0.2) is 44.1 Å². The van der Waals surface area contributed by atoms with E-state index in [0.717, 1.165) is 38.5 Å². The molecule has 0 N–H and O–H groups in total. The van der Waals surface area contributed by atoms with Gasteiger partial charge in [-0.25, -0.2) is 0 Å². The quantitative estimate of drug-likeness (QED) is 0.169. The topological polar surface area (TPSA) is 44.8 Å². The Kier molecular flexibility index (Phi) is 9.68. The van der Waals surface area contributed by atoms with Gasteiger partial charge in [-0.1, -0.05) is 56.8 Å². The summed E-state index contributed by atoms with van der Waals surface area (Å²) in [5.74, 6) is 4.29. The molecule has 1 aliphatic carbocycles. The van der Waals surface area contributed by atoms with E-state index in [1.165, 1.54) is 11.1 Å². The van der Waals surface area contributed by atoms with E-state index in [1.807, 2.05) is 13.8 Å². The van der Waals surface area contributed by atoms with Crippen molar-refractivity contribution in [1.29, 1.82) is 0 Å². The third kappa shape index (κ3) is 7.50. The third-order valence-corrected chi connectivity index (χ3v) is 9.78. The first kappa shape index (κ1) is 31.3. The summed E-state index contributed by atoms with van der Waals surface area (Å²) in [7, 11) is -1.44. The van der Waals surface area contributed by atoms with E-state index in [1.54, 1.807) is 0 Å². The van der Waals surface area contributed by atoms with Gasteiger partial charge in [0.2, 0.25) is 0 Å². The molecule has 0 amide bonds. The summed E-state index contributed by atoms with van der Waals surface area (Å²) in [6, 6.07) is 0. The Labute approximate surface area is 234 Å². The van der Waals surface area contributed by atoms with E-state index >= 15 is 0 Å². The van der Waals surface area contributed by atoms with Crippen molar-refractivity contribution in [3.63, 3.8) is 0 Å². The number of carbonyl (C=O) groups is 1. The van der Waals surface area contributed by atoms with Crippen LogP contribution in [-0.2, 0) is 19.0 Å².